The number of nitrogens with one attached hydrogen (secondary N) is 2. The predicted octanol–water partition coefficient (Wildman–Crippen LogP) is 4.03. The molecule has 35 heavy (non-hydrogen) atoms. The zero-order valence-electron chi connectivity index (χ0n) is 19.3. The summed E-state index contributed by atoms with van der Waals surface area (Å²) in [7, 11) is 0. The molecule has 1 saturated heterocycles. The summed E-state index contributed by atoms with van der Waals surface area (Å²) in [5, 5.41) is 3.29. The van der Waals surface area contributed by atoms with E-state index in [-0.39, 0.29) is 25.6 Å². The number of benzene rings is 1. The van der Waals surface area contributed by atoms with Crippen molar-refractivity contribution >= 4 is 11.9 Å². The molecule has 1 aliphatic carbocycles. The van der Waals surface area contributed by atoms with E-state index in [1.54, 1.807) is 31.3 Å². The van der Waals surface area contributed by atoms with Crippen molar-refractivity contribution in [2.75, 3.05) is 25.1 Å². The molecular formula is C25H26FN5O4. The number of anilines is 1. The van der Waals surface area contributed by atoms with Crippen LogP contribution < -0.4 is 5.32 Å². The zero-order chi connectivity index (χ0) is 24.4. The van der Waals surface area contributed by atoms with E-state index in [4.69, 9.17) is 19.2 Å². The summed E-state index contributed by atoms with van der Waals surface area (Å²) in [5.74, 6) is 0.187. The van der Waals surface area contributed by atoms with E-state index in [2.05, 4.69) is 26.8 Å². The van der Waals surface area contributed by atoms with Gasteiger partial charge in [-0.15, -0.1) is 0 Å². The molecule has 182 valence electrons. The Balaban J connectivity index is 1.43. The van der Waals surface area contributed by atoms with Gasteiger partial charge in [0.15, 0.2) is 5.82 Å². The van der Waals surface area contributed by atoms with E-state index >= 15 is 0 Å². The summed E-state index contributed by atoms with van der Waals surface area (Å²) in [6, 6.07) is 8.23. The van der Waals surface area contributed by atoms with E-state index in [1.165, 1.54) is 18.2 Å². The Labute approximate surface area is 201 Å². The van der Waals surface area contributed by atoms with E-state index in [0.29, 0.717) is 40.5 Å². The van der Waals surface area contributed by atoms with Crippen molar-refractivity contribution in [1.29, 1.82) is 0 Å². The number of nitrogens with zero attached hydrogens (tertiary/aromatic N) is 3. The molecule has 1 saturated carbocycles. The third-order valence-corrected chi connectivity index (χ3v) is 5.82. The Morgan fingerprint density at radius 3 is 2.69 bits per heavy atom. The van der Waals surface area contributed by atoms with E-state index in [1.807, 2.05) is 0 Å². The highest BCUT2D eigenvalue weighted by atomic mass is 19.1. The minimum absolute atomic E-state index is 0.0958. The Bertz CT molecular complexity index is 1220. The highest BCUT2D eigenvalue weighted by Gasteiger charge is 2.42. The highest BCUT2D eigenvalue weighted by Crippen LogP contribution is 2.36. The van der Waals surface area contributed by atoms with Crippen molar-refractivity contribution in [2.45, 2.75) is 32.1 Å². The second kappa shape index (κ2) is 9.55. The summed E-state index contributed by atoms with van der Waals surface area (Å²) < 4.78 is 30.5. The fourth-order valence-electron chi connectivity index (χ4n) is 3.68. The normalized spacial score (nSPS) is 21.9. The molecule has 1 aliphatic heterocycles. The molecule has 0 radical (unpaired) electrons. The first-order chi connectivity index (χ1) is 16.9. The molecule has 2 N–H and O–H groups in total. The van der Waals surface area contributed by atoms with Gasteiger partial charge in [0.1, 0.15) is 17.8 Å². The topological polar surface area (TPSA) is 111 Å². The van der Waals surface area contributed by atoms with Crippen LogP contribution in [0.2, 0.25) is 0 Å². The predicted molar refractivity (Wildman–Crippen MR) is 126 cm³/mol. The molecule has 0 spiro atoms. The molecule has 0 bridgehead atoms. The summed E-state index contributed by atoms with van der Waals surface area (Å²) in [6.07, 6.45) is 4.55. The van der Waals surface area contributed by atoms with Crippen LogP contribution in [0.15, 0.2) is 49.2 Å². The van der Waals surface area contributed by atoms with Gasteiger partial charge in [-0.3, -0.25) is 4.79 Å². The molecule has 2 aliphatic rings. The van der Waals surface area contributed by atoms with Crippen molar-refractivity contribution < 1.29 is 23.4 Å². The van der Waals surface area contributed by atoms with Gasteiger partial charge in [-0.25, -0.2) is 19.3 Å². The number of halogens is 1. The summed E-state index contributed by atoms with van der Waals surface area (Å²) >= 11 is 0. The number of ether oxygens (including phenoxy) is 3. The molecule has 10 heteroatoms. The number of aromatic nitrogens is 4. The van der Waals surface area contributed by atoms with Gasteiger partial charge in [-0.2, -0.15) is 0 Å². The monoisotopic (exact) mass is 479 g/mol. The Morgan fingerprint density at radius 2 is 2.00 bits per heavy atom. The smallest absolute Gasteiger partial charge is 0.316 e. The van der Waals surface area contributed by atoms with Gasteiger partial charge >= 0.3 is 5.97 Å². The number of hydrogen-bond donors (Lipinski definition) is 2. The lowest BCUT2D eigenvalue weighted by Gasteiger charge is -2.34. The van der Waals surface area contributed by atoms with E-state index < -0.39 is 17.7 Å². The molecule has 2 fully saturated rings. The third kappa shape index (κ3) is 5.08. The van der Waals surface area contributed by atoms with Crippen LogP contribution in [0.3, 0.4) is 0 Å². The molecule has 9 nitrogen and oxygen atoms in total. The first-order valence-corrected chi connectivity index (χ1v) is 11.4. The summed E-state index contributed by atoms with van der Waals surface area (Å²) in [5.41, 5.74) is 1.58. The van der Waals surface area contributed by atoms with E-state index in [9.17, 15) is 9.18 Å². The molecule has 0 unspecified atom stereocenters. The van der Waals surface area contributed by atoms with Crippen molar-refractivity contribution in [3.63, 3.8) is 0 Å². The van der Waals surface area contributed by atoms with Crippen LogP contribution >= 0.6 is 0 Å². The van der Waals surface area contributed by atoms with Crippen molar-refractivity contribution in [1.82, 2.24) is 19.9 Å². The first-order valence-electron chi connectivity index (χ1n) is 11.4. The standard InChI is InChI=1S/C25H26FN5O4/c1-3-12-33-23(32)25(2)13-34-22(35-14-25)21-30-19(15-4-6-16(26)7-5-15)20(31-21)18-10-11-27-24(29-18)28-17-8-9-17/h3-7,10-11,17,22H,1,8-9,12-14H2,2H3,(H,30,31)(H,27,28,29). The minimum Gasteiger partial charge on any atom is -0.461 e. The Hall–Kier alpha value is -3.63. The second-order valence-corrected chi connectivity index (χ2v) is 8.94. The summed E-state index contributed by atoms with van der Waals surface area (Å²) in [4.78, 5) is 29.3. The van der Waals surface area contributed by atoms with Crippen LogP contribution in [0.4, 0.5) is 10.3 Å². The molecule has 0 amide bonds. The van der Waals surface area contributed by atoms with Gasteiger partial charge in [-0.05, 0) is 50.1 Å². The maximum Gasteiger partial charge on any atom is 0.316 e. The quantitative estimate of drug-likeness (QED) is 0.368. The zero-order valence-corrected chi connectivity index (χ0v) is 19.3. The number of rotatable bonds is 8. The molecule has 0 atom stereocenters. The lowest BCUT2D eigenvalue weighted by atomic mass is 9.92. The van der Waals surface area contributed by atoms with Gasteiger partial charge in [0.2, 0.25) is 12.2 Å². The van der Waals surface area contributed by atoms with Crippen LogP contribution in [0.1, 0.15) is 31.9 Å². The number of hydrogen-bond acceptors (Lipinski definition) is 8. The van der Waals surface area contributed by atoms with Gasteiger partial charge in [0.05, 0.1) is 30.3 Å². The fourth-order valence-corrected chi connectivity index (χ4v) is 3.68. The number of carbonyl (C=O) groups excluding carboxylic acids is 1. The maximum absolute atomic E-state index is 13.6. The molecule has 3 aromatic rings. The summed E-state index contributed by atoms with van der Waals surface area (Å²) in [6.45, 7) is 5.59. The average molecular weight is 480 g/mol. The molecule has 1 aromatic carbocycles. The highest BCUT2D eigenvalue weighted by molar-refractivity contribution is 5.78. The van der Waals surface area contributed by atoms with Crippen LogP contribution in [0, 0.1) is 11.2 Å². The number of aromatic amines is 1. The number of esters is 1. The molecule has 5 rings (SSSR count). The first kappa shape index (κ1) is 23.1. The van der Waals surface area contributed by atoms with Crippen molar-refractivity contribution in [3.8, 4) is 22.6 Å². The second-order valence-electron chi connectivity index (χ2n) is 8.94. The third-order valence-electron chi connectivity index (χ3n) is 5.82. The van der Waals surface area contributed by atoms with Gasteiger partial charge in [0.25, 0.3) is 0 Å². The maximum atomic E-state index is 13.6. The van der Waals surface area contributed by atoms with Gasteiger partial charge in [-0.1, -0.05) is 12.7 Å². The number of imidazole rings is 1. The lowest BCUT2D eigenvalue weighted by Crippen LogP contribution is -2.43. The average Bonchev–Trinajstić information content (AvgIpc) is 3.57. The molecular weight excluding hydrogens is 453 g/mol. The van der Waals surface area contributed by atoms with Crippen molar-refractivity contribution in [2.24, 2.45) is 5.41 Å². The van der Waals surface area contributed by atoms with Crippen molar-refractivity contribution in [3.05, 3.63) is 60.8 Å². The number of H-pyrrole nitrogens is 1. The van der Waals surface area contributed by atoms with Crippen LogP contribution in [-0.4, -0.2) is 51.8 Å². The SMILES string of the molecule is C=CCOC(=O)C1(C)COC(c2nc(-c3ccc(F)cc3)c(-c3ccnc(NC4CC4)n3)[nH]2)OC1. The van der Waals surface area contributed by atoms with Crippen LogP contribution in [0.25, 0.3) is 22.6 Å². The van der Waals surface area contributed by atoms with E-state index in [0.717, 1.165) is 12.8 Å². The van der Waals surface area contributed by atoms with Gasteiger partial charge < -0.3 is 24.5 Å². The lowest BCUT2D eigenvalue weighted by molar-refractivity contribution is -0.238. The fraction of sp³-hybridized carbons (Fsp3) is 0.360. The Kier molecular flexibility index (Phi) is 6.31. The van der Waals surface area contributed by atoms with Gasteiger partial charge in [0, 0.05) is 17.8 Å². The van der Waals surface area contributed by atoms with Crippen LogP contribution in [0.5, 0.6) is 0 Å². The van der Waals surface area contributed by atoms with Crippen LogP contribution in [-0.2, 0) is 19.0 Å². The largest absolute Gasteiger partial charge is 0.461 e. The molecule has 3 heterocycles. The number of carbonyl (C=O) groups is 1. The minimum atomic E-state index is -0.940. The Morgan fingerprint density at radius 1 is 1.26 bits per heavy atom. The molecule has 2 aromatic heterocycles.